The zero-order chi connectivity index (χ0) is 20.2. The highest BCUT2D eigenvalue weighted by Gasteiger charge is 2.39. The van der Waals surface area contributed by atoms with Crippen molar-refractivity contribution in [3.63, 3.8) is 0 Å². The number of amides is 2. The van der Waals surface area contributed by atoms with Crippen LogP contribution in [0.5, 0.6) is 5.75 Å². The highest BCUT2D eigenvalue weighted by Crippen LogP contribution is 2.31. The first-order valence-corrected chi connectivity index (χ1v) is 11.8. The van der Waals surface area contributed by atoms with E-state index in [1.54, 1.807) is 43.1 Å². The molecule has 0 bridgehead atoms. The Balaban J connectivity index is 1.60. The van der Waals surface area contributed by atoms with Crippen LogP contribution in [0.2, 0.25) is 0 Å². The van der Waals surface area contributed by atoms with Gasteiger partial charge in [-0.1, -0.05) is 64.7 Å². The Morgan fingerprint density at radius 2 is 1.50 bits per heavy atom. The summed E-state index contributed by atoms with van der Waals surface area (Å²) in [4.78, 5) is 26.3. The van der Waals surface area contributed by atoms with Gasteiger partial charge in [0.2, 0.25) is 11.8 Å². The maximum Gasteiger partial charge on any atom is 0.247 e. The second-order valence-corrected chi connectivity index (χ2v) is 8.82. The third-order valence-corrected chi connectivity index (χ3v) is 6.55. The van der Waals surface area contributed by atoms with E-state index in [9.17, 15) is 9.59 Å². The number of imide groups is 1. The summed E-state index contributed by atoms with van der Waals surface area (Å²) < 4.78 is 5.14. The van der Waals surface area contributed by atoms with Gasteiger partial charge in [-0.25, -0.2) is 4.90 Å². The molecule has 2 rings (SSSR count). The lowest BCUT2D eigenvalue weighted by molar-refractivity contribution is -0.121. The molecule has 0 unspecified atom stereocenters. The van der Waals surface area contributed by atoms with Crippen LogP contribution in [0.3, 0.4) is 0 Å². The fourth-order valence-electron chi connectivity index (χ4n) is 3.55. The standard InChI is InChI=1S/C23H35NO3S/c1-3-4-5-6-7-8-9-10-11-12-17-28-21-18-22(25)24(23(21)26)19-13-15-20(27-2)16-14-19/h13-16,21H,3-12,17-18H2,1-2H3/t21-/m1/s1. The molecular formula is C23H35NO3S. The molecule has 0 N–H and O–H groups in total. The molecule has 4 nitrogen and oxygen atoms in total. The summed E-state index contributed by atoms with van der Waals surface area (Å²) in [5.74, 6) is 1.49. The summed E-state index contributed by atoms with van der Waals surface area (Å²) in [5, 5.41) is -0.229. The lowest BCUT2D eigenvalue weighted by Crippen LogP contribution is -2.31. The van der Waals surface area contributed by atoms with Gasteiger partial charge in [0, 0.05) is 6.42 Å². The third kappa shape index (κ3) is 7.16. The van der Waals surface area contributed by atoms with Crippen LogP contribution in [0.25, 0.3) is 0 Å². The van der Waals surface area contributed by atoms with Gasteiger partial charge in [-0.2, -0.15) is 0 Å². The van der Waals surface area contributed by atoms with Gasteiger partial charge in [0.15, 0.2) is 0 Å². The molecule has 2 amide bonds. The van der Waals surface area contributed by atoms with Crippen molar-refractivity contribution in [2.45, 2.75) is 82.8 Å². The topological polar surface area (TPSA) is 46.6 Å². The smallest absolute Gasteiger partial charge is 0.247 e. The number of benzene rings is 1. The summed E-state index contributed by atoms with van der Waals surface area (Å²) in [5.41, 5.74) is 0.637. The molecule has 0 radical (unpaired) electrons. The fourth-order valence-corrected chi connectivity index (χ4v) is 4.72. The minimum Gasteiger partial charge on any atom is -0.497 e. The first-order valence-electron chi connectivity index (χ1n) is 10.8. The van der Waals surface area contributed by atoms with Crippen molar-refractivity contribution < 1.29 is 14.3 Å². The van der Waals surface area contributed by atoms with Crippen LogP contribution >= 0.6 is 11.8 Å². The predicted octanol–water partition coefficient (Wildman–Crippen LogP) is 5.98. The molecule has 5 heteroatoms. The van der Waals surface area contributed by atoms with E-state index in [0.717, 1.165) is 17.9 Å². The van der Waals surface area contributed by atoms with Gasteiger partial charge < -0.3 is 4.74 Å². The molecular weight excluding hydrogens is 370 g/mol. The molecule has 1 aliphatic rings. The van der Waals surface area contributed by atoms with Crippen molar-refractivity contribution in [1.82, 2.24) is 0 Å². The Labute approximate surface area is 174 Å². The number of anilines is 1. The van der Waals surface area contributed by atoms with Crippen molar-refractivity contribution in [1.29, 1.82) is 0 Å². The van der Waals surface area contributed by atoms with Crippen molar-refractivity contribution in [3.8, 4) is 5.75 Å². The third-order valence-electron chi connectivity index (χ3n) is 5.25. The van der Waals surface area contributed by atoms with E-state index in [-0.39, 0.29) is 17.1 Å². The maximum absolute atomic E-state index is 12.6. The van der Waals surface area contributed by atoms with Crippen LogP contribution < -0.4 is 9.64 Å². The summed E-state index contributed by atoms with van der Waals surface area (Å²) in [7, 11) is 1.60. The Bertz CT molecular complexity index is 602. The molecule has 28 heavy (non-hydrogen) atoms. The Morgan fingerprint density at radius 3 is 2.07 bits per heavy atom. The van der Waals surface area contributed by atoms with Crippen LogP contribution in [0.4, 0.5) is 5.69 Å². The predicted molar refractivity (Wildman–Crippen MR) is 118 cm³/mol. The number of carbonyl (C=O) groups excluding carboxylic acids is 2. The van der Waals surface area contributed by atoms with Gasteiger partial charge in [0.05, 0.1) is 18.0 Å². The second-order valence-electron chi connectivity index (χ2n) is 7.51. The highest BCUT2D eigenvalue weighted by molar-refractivity contribution is 8.00. The molecule has 1 fully saturated rings. The van der Waals surface area contributed by atoms with Gasteiger partial charge in [0.25, 0.3) is 0 Å². The highest BCUT2D eigenvalue weighted by atomic mass is 32.2. The normalized spacial score (nSPS) is 16.8. The first-order chi connectivity index (χ1) is 13.7. The summed E-state index contributed by atoms with van der Waals surface area (Å²) in [6, 6.07) is 7.09. The molecule has 1 aromatic carbocycles. The Morgan fingerprint density at radius 1 is 0.929 bits per heavy atom. The van der Waals surface area contributed by atoms with E-state index in [2.05, 4.69) is 6.92 Å². The van der Waals surface area contributed by atoms with Crippen molar-refractivity contribution in [2.24, 2.45) is 0 Å². The Kier molecular flexibility index (Phi) is 10.5. The first kappa shape index (κ1) is 22.8. The van der Waals surface area contributed by atoms with Gasteiger partial charge in [-0.05, 0) is 36.4 Å². The SMILES string of the molecule is CCCCCCCCCCCCS[C@@H]1CC(=O)N(c2ccc(OC)cc2)C1=O. The van der Waals surface area contributed by atoms with Crippen LogP contribution in [0.15, 0.2) is 24.3 Å². The average molecular weight is 406 g/mol. The lowest BCUT2D eigenvalue weighted by atomic mass is 10.1. The molecule has 0 aliphatic carbocycles. The van der Waals surface area contributed by atoms with Crippen LogP contribution in [-0.2, 0) is 9.59 Å². The van der Waals surface area contributed by atoms with E-state index in [0.29, 0.717) is 12.1 Å². The number of carbonyl (C=O) groups is 2. The fraction of sp³-hybridized carbons (Fsp3) is 0.652. The van der Waals surface area contributed by atoms with Crippen LogP contribution in [-0.4, -0.2) is 29.9 Å². The molecule has 156 valence electrons. The zero-order valence-electron chi connectivity index (χ0n) is 17.5. The van der Waals surface area contributed by atoms with Crippen molar-refractivity contribution >= 4 is 29.3 Å². The number of ether oxygens (including phenoxy) is 1. The van der Waals surface area contributed by atoms with E-state index in [1.165, 1.54) is 62.7 Å². The lowest BCUT2D eigenvalue weighted by Gasteiger charge is -2.15. The van der Waals surface area contributed by atoms with Gasteiger partial charge in [-0.3, -0.25) is 9.59 Å². The zero-order valence-corrected chi connectivity index (χ0v) is 18.3. The van der Waals surface area contributed by atoms with Crippen LogP contribution in [0.1, 0.15) is 77.6 Å². The molecule has 0 spiro atoms. The van der Waals surface area contributed by atoms with Gasteiger partial charge in [0.1, 0.15) is 5.75 Å². The van der Waals surface area contributed by atoms with Gasteiger partial charge in [-0.15, -0.1) is 11.8 Å². The van der Waals surface area contributed by atoms with E-state index in [4.69, 9.17) is 4.74 Å². The van der Waals surface area contributed by atoms with E-state index < -0.39 is 0 Å². The number of rotatable bonds is 14. The largest absolute Gasteiger partial charge is 0.497 e. The monoisotopic (exact) mass is 405 g/mol. The van der Waals surface area contributed by atoms with Gasteiger partial charge >= 0.3 is 0 Å². The number of thioether (sulfide) groups is 1. The number of unbranched alkanes of at least 4 members (excludes halogenated alkanes) is 9. The Hall–Kier alpha value is -1.49. The van der Waals surface area contributed by atoms with E-state index in [1.807, 2.05) is 0 Å². The summed E-state index contributed by atoms with van der Waals surface area (Å²) in [6.07, 6.45) is 13.4. The molecule has 1 aromatic rings. The van der Waals surface area contributed by atoms with Crippen LogP contribution in [0, 0.1) is 0 Å². The molecule has 1 atom stereocenters. The molecule has 0 aromatic heterocycles. The van der Waals surface area contributed by atoms with Crippen molar-refractivity contribution in [3.05, 3.63) is 24.3 Å². The average Bonchev–Trinajstić information content (AvgIpc) is 2.99. The molecule has 0 saturated carbocycles. The maximum atomic E-state index is 12.6. The quantitative estimate of drug-likeness (QED) is 0.282. The second kappa shape index (κ2) is 12.9. The number of methoxy groups -OCH3 is 1. The number of hydrogen-bond acceptors (Lipinski definition) is 4. The minimum absolute atomic E-state index is 0.0766. The number of hydrogen-bond donors (Lipinski definition) is 0. The molecule has 1 aliphatic heterocycles. The summed E-state index contributed by atoms with van der Waals surface area (Å²) >= 11 is 1.64. The minimum atomic E-state index is -0.229. The molecule has 1 saturated heterocycles. The van der Waals surface area contributed by atoms with Crippen molar-refractivity contribution in [2.75, 3.05) is 17.8 Å². The van der Waals surface area contributed by atoms with E-state index >= 15 is 0 Å². The summed E-state index contributed by atoms with van der Waals surface area (Å²) in [6.45, 7) is 2.25. The molecule has 1 heterocycles. The number of nitrogens with zero attached hydrogens (tertiary/aromatic N) is 1.